The van der Waals surface area contributed by atoms with Gasteiger partial charge in [0.25, 0.3) is 0 Å². The molecule has 0 radical (unpaired) electrons. The fourth-order valence-corrected chi connectivity index (χ4v) is 7.56. The Morgan fingerprint density at radius 1 is 0.667 bits per heavy atom. The van der Waals surface area contributed by atoms with E-state index in [4.69, 9.17) is 14.0 Å². The molecule has 8 atom stereocenters. The summed E-state index contributed by atoms with van der Waals surface area (Å²) < 4.78 is 47.4. The van der Waals surface area contributed by atoms with Gasteiger partial charge >= 0.3 is 10.4 Å². The molecule has 1 heterocycles. The molecular weight excluding hydrogens is 719 g/mol. The summed E-state index contributed by atoms with van der Waals surface area (Å²) >= 11 is 0. The van der Waals surface area contributed by atoms with Crippen molar-refractivity contribution in [1.29, 1.82) is 0 Å². The van der Waals surface area contributed by atoms with Crippen molar-refractivity contribution < 1.29 is 57.0 Å². The molecule has 322 valence electrons. The normalized spacial score (nSPS) is 22.3. The first-order valence-corrected chi connectivity index (χ1v) is 22.9. The molecule has 0 aliphatic carbocycles. The molecule has 14 heteroatoms. The van der Waals surface area contributed by atoms with Crippen LogP contribution in [0.5, 0.6) is 0 Å². The molecule has 1 saturated heterocycles. The van der Waals surface area contributed by atoms with E-state index in [1.807, 2.05) is 0 Å². The van der Waals surface area contributed by atoms with Gasteiger partial charge in [-0.05, 0) is 12.8 Å². The summed E-state index contributed by atoms with van der Waals surface area (Å²) in [6, 6.07) is -1.03. The third-order valence-electron chi connectivity index (χ3n) is 10.5. The SMILES string of the molecule is CCCCCCCCCCCCCCCCC(O)C(COC1OC(CO)C(O)C(OS(=O)(=O)O)C1O)NC(=O)C(O)CCCCCCCCCCCCC. The zero-order chi connectivity index (χ0) is 40.0. The fraction of sp³-hybridized carbons (Fsp3) is 0.975. The van der Waals surface area contributed by atoms with E-state index in [0.717, 1.165) is 38.5 Å². The van der Waals surface area contributed by atoms with Gasteiger partial charge in [-0.1, -0.05) is 174 Å². The van der Waals surface area contributed by atoms with Crippen LogP contribution in [0.3, 0.4) is 0 Å². The fourth-order valence-electron chi connectivity index (χ4n) is 7.05. The first kappa shape index (κ1) is 51.1. The van der Waals surface area contributed by atoms with Crippen molar-refractivity contribution in [2.45, 2.75) is 236 Å². The van der Waals surface area contributed by atoms with Crippen molar-refractivity contribution in [2.24, 2.45) is 0 Å². The first-order chi connectivity index (χ1) is 25.9. The minimum absolute atomic E-state index is 0.265. The standard InChI is InChI=1S/C40H79NO12S/c1-3-5-7-9-11-13-15-16-17-19-20-22-24-26-28-33(43)32(31-51-40-37(46)38(53-54(48,49)50)36(45)35(30-42)52-40)41-39(47)34(44)29-27-25-23-21-18-14-12-10-8-6-4-2/h32-38,40,42-46H,3-31H2,1-2H3,(H,41,47)(H,48,49,50). The second kappa shape index (κ2) is 32.1. The molecule has 0 bridgehead atoms. The number of amides is 1. The van der Waals surface area contributed by atoms with Crippen molar-refractivity contribution in [3.8, 4) is 0 Å². The number of carbonyl (C=O) groups is 1. The number of aliphatic hydroxyl groups excluding tert-OH is 5. The largest absolute Gasteiger partial charge is 0.397 e. The molecule has 1 aliphatic rings. The number of ether oxygens (including phenoxy) is 2. The molecule has 0 aromatic carbocycles. The second-order valence-corrected chi connectivity index (χ2v) is 16.5. The highest BCUT2D eigenvalue weighted by molar-refractivity contribution is 7.80. The summed E-state index contributed by atoms with van der Waals surface area (Å²) in [5.74, 6) is -0.669. The lowest BCUT2D eigenvalue weighted by molar-refractivity contribution is -0.298. The number of rotatable bonds is 36. The monoisotopic (exact) mass is 798 g/mol. The molecule has 54 heavy (non-hydrogen) atoms. The number of hydrogen-bond donors (Lipinski definition) is 7. The lowest BCUT2D eigenvalue weighted by atomic mass is 9.99. The van der Waals surface area contributed by atoms with Crippen LogP contribution in [0.1, 0.15) is 187 Å². The predicted molar refractivity (Wildman–Crippen MR) is 210 cm³/mol. The number of hydrogen-bond acceptors (Lipinski definition) is 11. The third-order valence-corrected chi connectivity index (χ3v) is 11.0. The van der Waals surface area contributed by atoms with E-state index in [9.17, 15) is 38.7 Å². The average Bonchev–Trinajstić information content (AvgIpc) is 3.14. The van der Waals surface area contributed by atoms with Crippen molar-refractivity contribution in [3.05, 3.63) is 0 Å². The highest BCUT2D eigenvalue weighted by Crippen LogP contribution is 2.26. The Balaban J connectivity index is 2.61. The van der Waals surface area contributed by atoms with Crippen LogP contribution in [0.15, 0.2) is 0 Å². The van der Waals surface area contributed by atoms with Gasteiger partial charge < -0.3 is 40.3 Å². The Morgan fingerprint density at radius 3 is 1.48 bits per heavy atom. The molecule has 0 aromatic heterocycles. The van der Waals surface area contributed by atoms with E-state index in [2.05, 4.69) is 23.3 Å². The van der Waals surface area contributed by atoms with Crippen LogP contribution in [0.2, 0.25) is 0 Å². The van der Waals surface area contributed by atoms with Crippen LogP contribution in [-0.2, 0) is 28.9 Å². The molecule has 13 nitrogen and oxygen atoms in total. The molecule has 1 fully saturated rings. The van der Waals surface area contributed by atoms with Crippen LogP contribution in [0.25, 0.3) is 0 Å². The van der Waals surface area contributed by atoms with Crippen LogP contribution in [0, 0.1) is 0 Å². The molecule has 7 N–H and O–H groups in total. The summed E-state index contributed by atoms with van der Waals surface area (Å²) in [6.45, 7) is 3.25. The zero-order valence-electron chi connectivity index (χ0n) is 33.7. The lowest BCUT2D eigenvalue weighted by Gasteiger charge is -2.41. The Morgan fingerprint density at radius 2 is 1.07 bits per heavy atom. The quantitative estimate of drug-likeness (QED) is 0.0271. The minimum atomic E-state index is -5.10. The van der Waals surface area contributed by atoms with Crippen LogP contribution >= 0.6 is 0 Å². The zero-order valence-corrected chi connectivity index (χ0v) is 34.5. The molecule has 1 rings (SSSR count). The number of carbonyl (C=O) groups excluding carboxylic acids is 1. The van der Waals surface area contributed by atoms with E-state index in [1.54, 1.807) is 0 Å². The summed E-state index contributed by atoms with van der Waals surface area (Å²) in [5.41, 5.74) is 0. The smallest absolute Gasteiger partial charge is 0.394 e. The van der Waals surface area contributed by atoms with Gasteiger partial charge in [0.2, 0.25) is 5.91 Å². The first-order valence-electron chi connectivity index (χ1n) is 21.5. The summed E-state index contributed by atoms with van der Waals surface area (Å²) in [7, 11) is -5.10. The van der Waals surface area contributed by atoms with Gasteiger partial charge in [-0.3, -0.25) is 9.35 Å². The molecule has 1 amide bonds. The van der Waals surface area contributed by atoms with Gasteiger partial charge in [-0.15, -0.1) is 0 Å². The maximum atomic E-state index is 13.0. The van der Waals surface area contributed by atoms with E-state index in [1.165, 1.54) is 109 Å². The topological polar surface area (TPSA) is 212 Å². The van der Waals surface area contributed by atoms with Crippen molar-refractivity contribution in [3.63, 3.8) is 0 Å². The van der Waals surface area contributed by atoms with Crippen molar-refractivity contribution in [1.82, 2.24) is 5.32 Å². The average molecular weight is 798 g/mol. The highest BCUT2D eigenvalue weighted by atomic mass is 32.3. The second-order valence-electron chi connectivity index (χ2n) is 15.4. The van der Waals surface area contributed by atoms with E-state index in [0.29, 0.717) is 19.3 Å². The van der Waals surface area contributed by atoms with Gasteiger partial charge in [-0.2, -0.15) is 8.42 Å². The minimum Gasteiger partial charge on any atom is -0.394 e. The summed E-state index contributed by atoms with van der Waals surface area (Å²) in [5, 5.41) is 55.1. The highest BCUT2D eigenvalue weighted by Gasteiger charge is 2.48. The van der Waals surface area contributed by atoms with Gasteiger partial charge in [0.15, 0.2) is 6.29 Å². The van der Waals surface area contributed by atoms with Gasteiger partial charge in [0.1, 0.15) is 30.5 Å². The molecule has 8 unspecified atom stereocenters. The Kier molecular flexibility index (Phi) is 30.3. The predicted octanol–water partition coefficient (Wildman–Crippen LogP) is 6.41. The molecule has 0 aromatic rings. The maximum Gasteiger partial charge on any atom is 0.397 e. The Hall–Kier alpha value is -0.940. The van der Waals surface area contributed by atoms with Crippen LogP contribution in [-0.4, -0.2) is 107 Å². The van der Waals surface area contributed by atoms with E-state index < -0.39 is 78.5 Å². The number of unbranched alkanes of at least 4 members (excludes halogenated alkanes) is 23. The molecule has 0 saturated carbocycles. The van der Waals surface area contributed by atoms with E-state index in [-0.39, 0.29) is 6.42 Å². The third kappa shape index (κ3) is 24.6. The summed E-state index contributed by atoms with van der Waals surface area (Å²) in [4.78, 5) is 13.0. The molecular formula is C40H79NO12S. The Bertz CT molecular complexity index is 1010. The van der Waals surface area contributed by atoms with Gasteiger partial charge in [0, 0.05) is 0 Å². The van der Waals surface area contributed by atoms with Gasteiger partial charge in [0.05, 0.1) is 25.4 Å². The Labute approximate surface area is 327 Å². The molecule has 1 aliphatic heterocycles. The van der Waals surface area contributed by atoms with Crippen molar-refractivity contribution >= 4 is 16.3 Å². The van der Waals surface area contributed by atoms with Gasteiger partial charge in [-0.25, -0.2) is 4.18 Å². The van der Waals surface area contributed by atoms with Crippen molar-refractivity contribution in [2.75, 3.05) is 13.2 Å². The summed E-state index contributed by atoms with van der Waals surface area (Å²) in [6.07, 6.45) is 18.7. The molecule has 0 spiro atoms. The lowest BCUT2D eigenvalue weighted by Crippen LogP contribution is -2.61. The van der Waals surface area contributed by atoms with Crippen LogP contribution in [0.4, 0.5) is 0 Å². The number of nitrogens with one attached hydrogen (secondary N) is 1. The van der Waals surface area contributed by atoms with Crippen LogP contribution < -0.4 is 5.32 Å². The number of aliphatic hydroxyl groups is 5. The maximum absolute atomic E-state index is 13.0. The van der Waals surface area contributed by atoms with E-state index >= 15 is 0 Å².